The molecule has 0 saturated carbocycles. The lowest BCUT2D eigenvalue weighted by molar-refractivity contribution is -0.135. The first-order valence-electron chi connectivity index (χ1n) is 7.88. The number of benzene rings is 1. The number of nitrogens with one attached hydrogen (secondary N) is 1. The topological polar surface area (TPSA) is 58.6 Å². The molecule has 1 atom stereocenters. The molecule has 1 fully saturated rings. The van der Waals surface area contributed by atoms with Crippen molar-refractivity contribution in [3.05, 3.63) is 30.3 Å². The number of carbonyl (C=O) groups excluding carboxylic acids is 2. The van der Waals surface area contributed by atoms with E-state index >= 15 is 0 Å². The van der Waals surface area contributed by atoms with Crippen molar-refractivity contribution < 1.29 is 14.3 Å². The van der Waals surface area contributed by atoms with Gasteiger partial charge in [0.05, 0.1) is 12.5 Å². The summed E-state index contributed by atoms with van der Waals surface area (Å²) in [5, 5.41) is 2.67. The van der Waals surface area contributed by atoms with Gasteiger partial charge in [-0.2, -0.15) is 0 Å². The zero-order chi connectivity index (χ0) is 15.8. The first-order chi connectivity index (χ1) is 10.7. The fraction of sp³-hybridized carbons (Fsp3) is 0.529. The maximum absolute atomic E-state index is 12.2. The molecule has 120 valence electrons. The fourth-order valence-corrected chi connectivity index (χ4v) is 2.71. The Morgan fingerprint density at radius 3 is 2.82 bits per heavy atom. The minimum absolute atomic E-state index is 0.0323. The summed E-state index contributed by atoms with van der Waals surface area (Å²) < 4.78 is 5.59. The molecule has 1 heterocycles. The second kappa shape index (κ2) is 8.41. The molecule has 0 aromatic heterocycles. The highest BCUT2D eigenvalue weighted by Crippen LogP contribution is 2.18. The van der Waals surface area contributed by atoms with Crippen LogP contribution >= 0.6 is 0 Å². The van der Waals surface area contributed by atoms with Crippen LogP contribution in [0.25, 0.3) is 0 Å². The number of nitrogens with zero attached hydrogens (tertiary/aromatic N) is 1. The zero-order valence-electron chi connectivity index (χ0n) is 13.1. The summed E-state index contributed by atoms with van der Waals surface area (Å²) in [4.78, 5) is 25.7. The van der Waals surface area contributed by atoms with Crippen LogP contribution in [0.1, 0.15) is 25.7 Å². The number of carbonyl (C=O) groups is 2. The normalized spacial score (nSPS) is 17.9. The van der Waals surface area contributed by atoms with E-state index in [1.165, 1.54) is 0 Å². The van der Waals surface area contributed by atoms with E-state index < -0.39 is 0 Å². The van der Waals surface area contributed by atoms with Gasteiger partial charge in [-0.15, -0.1) is 0 Å². The highest BCUT2D eigenvalue weighted by atomic mass is 16.5. The van der Waals surface area contributed by atoms with E-state index in [1.54, 1.807) is 7.05 Å². The number of hydrogen-bond donors (Lipinski definition) is 1. The number of para-hydroxylation sites is 1. The smallest absolute Gasteiger partial charge is 0.224 e. The van der Waals surface area contributed by atoms with E-state index in [0.29, 0.717) is 26.0 Å². The largest absolute Gasteiger partial charge is 0.494 e. The van der Waals surface area contributed by atoms with Crippen molar-refractivity contribution in [3.8, 4) is 5.75 Å². The predicted molar refractivity (Wildman–Crippen MR) is 84.5 cm³/mol. The molecule has 0 unspecified atom stereocenters. The van der Waals surface area contributed by atoms with E-state index in [4.69, 9.17) is 4.74 Å². The predicted octanol–water partition coefficient (Wildman–Crippen LogP) is 1.83. The van der Waals surface area contributed by atoms with E-state index in [9.17, 15) is 9.59 Å². The molecule has 0 spiro atoms. The lowest BCUT2D eigenvalue weighted by Gasteiger charge is -2.31. The van der Waals surface area contributed by atoms with Crippen LogP contribution < -0.4 is 10.1 Å². The first kappa shape index (κ1) is 16.3. The Hall–Kier alpha value is -2.04. The van der Waals surface area contributed by atoms with Crippen LogP contribution in [0.4, 0.5) is 0 Å². The van der Waals surface area contributed by atoms with Crippen molar-refractivity contribution in [1.29, 1.82) is 0 Å². The summed E-state index contributed by atoms with van der Waals surface area (Å²) in [6.07, 6.45) is 2.91. The molecule has 5 nitrogen and oxygen atoms in total. The molecular formula is C17H24N2O3. The van der Waals surface area contributed by atoms with Gasteiger partial charge in [0.25, 0.3) is 0 Å². The van der Waals surface area contributed by atoms with Crippen molar-refractivity contribution in [2.24, 2.45) is 5.92 Å². The minimum atomic E-state index is -0.0664. The Morgan fingerprint density at radius 2 is 2.09 bits per heavy atom. The lowest BCUT2D eigenvalue weighted by Crippen LogP contribution is -2.44. The van der Waals surface area contributed by atoms with Crippen molar-refractivity contribution in [1.82, 2.24) is 10.2 Å². The Balaban J connectivity index is 1.69. The van der Waals surface area contributed by atoms with Gasteiger partial charge in [0.15, 0.2) is 0 Å². The van der Waals surface area contributed by atoms with Gasteiger partial charge in [-0.25, -0.2) is 0 Å². The van der Waals surface area contributed by atoms with Crippen LogP contribution in [-0.4, -0.2) is 43.5 Å². The highest BCUT2D eigenvalue weighted by molar-refractivity contribution is 5.81. The van der Waals surface area contributed by atoms with Crippen LogP contribution in [0, 0.1) is 5.92 Å². The number of likely N-dealkylation sites (tertiary alicyclic amines) is 1. The highest BCUT2D eigenvalue weighted by Gasteiger charge is 2.27. The monoisotopic (exact) mass is 304 g/mol. The molecule has 1 aromatic rings. The lowest BCUT2D eigenvalue weighted by atomic mass is 9.97. The standard InChI is InChI=1S/C17H24N2O3/c1-18-17(21)14-7-5-11-19(13-14)16(20)10-6-12-22-15-8-3-2-4-9-15/h2-4,8-9,14H,5-7,10-13H2,1H3,(H,18,21)/t14-/m0/s1. The third-order valence-electron chi connectivity index (χ3n) is 3.94. The molecule has 1 saturated heterocycles. The van der Waals surface area contributed by atoms with Gasteiger partial charge in [-0.3, -0.25) is 9.59 Å². The van der Waals surface area contributed by atoms with E-state index in [2.05, 4.69) is 5.32 Å². The maximum atomic E-state index is 12.2. The number of piperidine rings is 1. The molecule has 0 radical (unpaired) electrons. The van der Waals surface area contributed by atoms with Crippen LogP contribution in [-0.2, 0) is 9.59 Å². The SMILES string of the molecule is CNC(=O)[C@H]1CCCN(C(=O)CCCOc2ccccc2)C1. The molecule has 5 heteroatoms. The molecule has 2 rings (SSSR count). The van der Waals surface area contributed by atoms with Crippen molar-refractivity contribution in [3.63, 3.8) is 0 Å². The van der Waals surface area contributed by atoms with Crippen molar-refractivity contribution >= 4 is 11.8 Å². The van der Waals surface area contributed by atoms with Gasteiger partial charge < -0.3 is 15.0 Å². The van der Waals surface area contributed by atoms with Crippen LogP contribution in [0.3, 0.4) is 0 Å². The molecular weight excluding hydrogens is 280 g/mol. The number of amides is 2. The van der Waals surface area contributed by atoms with Crippen LogP contribution in [0.5, 0.6) is 5.75 Å². The Kier molecular flexibility index (Phi) is 6.25. The van der Waals surface area contributed by atoms with Crippen molar-refractivity contribution in [2.75, 3.05) is 26.7 Å². The van der Waals surface area contributed by atoms with Gasteiger partial charge in [0, 0.05) is 26.6 Å². The van der Waals surface area contributed by atoms with Crippen molar-refractivity contribution in [2.45, 2.75) is 25.7 Å². The summed E-state index contributed by atoms with van der Waals surface area (Å²) in [5.41, 5.74) is 0. The Morgan fingerprint density at radius 1 is 1.32 bits per heavy atom. The first-order valence-corrected chi connectivity index (χ1v) is 7.88. The quantitative estimate of drug-likeness (QED) is 0.816. The average molecular weight is 304 g/mol. The molecule has 1 aliphatic rings. The van der Waals surface area contributed by atoms with Gasteiger partial charge in [-0.1, -0.05) is 18.2 Å². The molecule has 1 N–H and O–H groups in total. The molecule has 22 heavy (non-hydrogen) atoms. The molecule has 0 bridgehead atoms. The molecule has 0 aliphatic carbocycles. The van der Waals surface area contributed by atoms with Gasteiger partial charge in [-0.05, 0) is 31.4 Å². The summed E-state index contributed by atoms with van der Waals surface area (Å²) in [6.45, 7) is 1.83. The second-order valence-corrected chi connectivity index (χ2v) is 5.56. The zero-order valence-corrected chi connectivity index (χ0v) is 13.1. The van der Waals surface area contributed by atoms with E-state index in [1.807, 2.05) is 35.2 Å². The second-order valence-electron chi connectivity index (χ2n) is 5.56. The molecule has 1 aromatic carbocycles. The molecule has 2 amide bonds. The number of rotatable bonds is 6. The maximum Gasteiger partial charge on any atom is 0.224 e. The average Bonchev–Trinajstić information content (AvgIpc) is 2.59. The van der Waals surface area contributed by atoms with E-state index in [-0.39, 0.29) is 17.7 Å². The molecule has 1 aliphatic heterocycles. The third-order valence-corrected chi connectivity index (χ3v) is 3.94. The van der Waals surface area contributed by atoms with Crippen LogP contribution in [0.2, 0.25) is 0 Å². The summed E-state index contributed by atoms with van der Waals surface area (Å²) >= 11 is 0. The number of hydrogen-bond acceptors (Lipinski definition) is 3. The van der Waals surface area contributed by atoms with E-state index in [0.717, 1.165) is 25.1 Å². The summed E-state index contributed by atoms with van der Waals surface area (Å²) in [7, 11) is 1.64. The Bertz CT molecular complexity index is 490. The third kappa shape index (κ3) is 4.76. The van der Waals surface area contributed by atoms with Gasteiger partial charge in [0.2, 0.25) is 11.8 Å². The van der Waals surface area contributed by atoms with Crippen LogP contribution in [0.15, 0.2) is 30.3 Å². The summed E-state index contributed by atoms with van der Waals surface area (Å²) in [5.74, 6) is 0.908. The Labute approximate surface area is 131 Å². The summed E-state index contributed by atoms with van der Waals surface area (Å²) in [6, 6.07) is 9.59. The van der Waals surface area contributed by atoms with Gasteiger partial charge >= 0.3 is 0 Å². The number of ether oxygens (including phenoxy) is 1. The fourth-order valence-electron chi connectivity index (χ4n) is 2.71. The van der Waals surface area contributed by atoms with Gasteiger partial charge in [0.1, 0.15) is 5.75 Å². The minimum Gasteiger partial charge on any atom is -0.494 e.